The van der Waals surface area contributed by atoms with E-state index in [0.717, 1.165) is 6.54 Å². The zero-order valence-corrected chi connectivity index (χ0v) is 12.4. The van der Waals surface area contributed by atoms with Gasteiger partial charge in [0.2, 0.25) is 0 Å². The van der Waals surface area contributed by atoms with Gasteiger partial charge in [-0.2, -0.15) is 0 Å². The lowest BCUT2D eigenvalue weighted by molar-refractivity contribution is 0.104. The Morgan fingerprint density at radius 1 is 1.06 bits per heavy atom. The molecule has 2 nitrogen and oxygen atoms in total. The maximum Gasteiger partial charge on any atom is 0.0455 e. The molecule has 0 bridgehead atoms. The molecule has 102 valence electrons. The summed E-state index contributed by atoms with van der Waals surface area (Å²) in [5.74, 6) is 0.544. The van der Waals surface area contributed by atoms with Crippen molar-refractivity contribution in [3.05, 3.63) is 35.9 Å². The molecule has 1 aromatic carbocycles. The molecule has 0 aromatic heterocycles. The van der Waals surface area contributed by atoms with Crippen LogP contribution in [0.25, 0.3) is 0 Å². The quantitative estimate of drug-likeness (QED) is 0.835. The minimum atomic E-state index is 0.0774. The van der Waals surface area contributed by atoms with E-state index in [4.69, 9.17) is 5.73 Å². The van der Waals surface area contributed by atoms with Crippen LogP contribution in [-0.2, 0) is 0 Å². The monoisotopic (exact) mass is 248 g/mol. The number of likely N-dealkylation sites (N-methyl/N-ethyl adjacent to an activating group) is 1. The fourth-order valence-corrected chi connectivity index (χ4v) is 2.80. The molecule has 18 heavy (non-hydrogen) atoms. The maximum atomic E-state index is 6.51. The second-order valence-corrected chi connectivity index (χ2v) is 5.60. The third-order valence-corrected chi connectivity index (χ3v) is 3.65. The molecule has 0 saturated carbocycles. The van der Waals surface area contributed by atoms with Gasteiger partial charge in [0.15, 0.2) is 0 Å². The number of hydrogen-bond donors (Lipinski definition) is 1. The van der Waals surface area contributed by atoms with Gasteiger partial charge in [-0.05, 0) is 31.9 Å². The molecule has 0 spiro atoms. The van der Waals surface area contributed by atoms with Crippen LogP contribution in [0.1, 0.15) is 46.2 Å². The van der Waals surface area contributed by atoms with Crippen molar-refractivity contribution in [3.63, 3.8) is 0 Å². The predicted octanol–water partition coefficient (Wildman–Crippen LogP) is 3.44. The highest BCUT2D eigenvalue weighted by Crippen LogP contribution is 2.26. The predicted molar refractivity (Wildman–Crippen MR) is 79.5 cm³/mol. The van der Waals surface area contributed by atoms with Crippen LogP contribution < -0.4 is 5.73 Å². The van der Waals surface area contributed by atoms with E-state index >= 15 is 0 Å². The number of rotatable bonds is 6. The van der Waals surface area contributed by atoms with Crippen molar-refractivity contribution in [2.45, 2.75) is 52.7 Å². The molecule has 0 saturated heterocycles. The van der Waals surface area contributed by atoms with E-state index in [1.54, 1.807) is 0 Å². The number of hydrogen-bond acceptors (Lipinski definition) is 2. The molecule has 0 fully saturated rings. The minimum absolute atomic E-state index is 0.0774. The SMILES string of the molecule is CCN(C(C)C)C(C(C)C)C(N)c1ccccc1. The van der Waals surface area contributed by atoms with Gasteiger partial charge >= 0.3 is 0 Å². The minimum Gasteiger partial charge on any atom is -0.323 e. The summed E-state index contributed by atoms with van der Waals surface area (Å²) < 4.78 is 0. The van der Waals surface area contributed by atoms with Gasteiger partial charge in [-0.25, -0.2) is 0 Å². The van der Waals surface area contributed by atoms with E-state index in [1.165, 1.54) is 5.56 Å². The largest absolute Gasteiger partial charge is 0.323 e. The van der Waals surface area contributed by atoms with Gasteiger partial charge < -0.3 is 5.73 Å². The summed E-state index contributed by atoms with van der Waals surface area (Å²) in [6.07, 6.45) is 0. The van der Waals surface area contributed by atoms with E-state index in [9.17, 15) is 0 Å². The highest BCUT2D eigenvalue weighted by atomic mass is 15.2. The molecule has 2 heteroatoms. The van der Waals surface area contributed by atoms with Crippen LogP contribution in [0.3, 0.4) is 0 Å². The van der Waals surface area contributed by atoms with E-state index in [0.29, 0.717) is 18.0 Å². The Kier molecular flexibility index (Phi) is 5.83. The fourth-order valence-electron chi connectivity index (χ4n) is 2.80. The van der Waals surface area contributed by atoms with Crippen LogP contribution in [0.15, 0.2) is 30.3 Å². The first-order valence-corrected chi connectivity index (χ1v) is 7.05. The van der Waals surface area contributed by atoms with Crippen LogP contribution in [0.5, 0.6) is 0 Å². The lowest BCUT2D eigenvalue weighted by atomic mass is 9.89. The Hall–Kier alpha value is -0.860. The second kappa shape index (κ2) is 6.91. The summed E-state index contributed by atoms with van der Waals surface area (Å²) in [5.41, 5.74) is 7.74. The zero-order chi connectivity index (χ0) is 13.7. The third-order valence-electron chi connectivity index (χ3n) is 3.65. The van der Waals surface area contributed by atoms with Gasteiger partial charge in [0.05, 0.1) is 0 Å². The first-order chi connectivity index (χ1) is 8.49. The topological polar surface area (TPSA) is 29.3 Å². The maximum absolute atomic E-state index is 6.51. The Labute approximate surface area is 112 Å². The standard InChI is InChI=1S/C16H28N2/c1-6-18(13(4)5)16(12(2)3)15(17)14-10-8-7-9-11-14/h7-13,15-16H,6,17H2,1-5H3. The van der Waals surface area contributed by atoms with E-state index in [-0.39, 0.29) is 6.04 Å². The van der Waals surface area contributed by atoms with Crippen molar-refractivity contribution in [2.24, 2.45) is 11.7 Å². The van der Waals surface area contributed by atoms with Crippen LogP contribution in [0.2, 0.25) is 0 Å². The fraction of sp³-hybridized carbons (Fsp3) is 0.625. The van der Waals surface area contributed by atoms with Crippen molar-refractivity contribution in [1.29, 1.82) is 0 Å². The summed E-state index contributed by atoms with van der Waals surface area (Å²) in [6.45, 7) is 12.3. The smallest absolute Gasteiger partial charge is 0.0455 e. The molecular weight excluding hydrogens is 220 g/mol. The van der Waals surface area contributed by atoms with Crippen molar-refractivity contribution in [3.8, 4) is 0 Å². The molecule has 2 atom stereocenters. The van der Waals surface area contributed by atoms with Crippen molar-refractivity contribution in [2.75, 3.05) is 6.54 Å². The molecule has 0 heterocycles. The zero-order valence-electron chi connectivity index (χ0n) is 12.4. The van der Waals surface area contributed by atoms with E-state index in [2.05, 4.69) is 63.8 Å². The van der Waals surface area contributed by atoms with Gasteiger partial charge in [0.1, 0.15) is 0 Å². The Morgan fingerprint density at radius 2 is 1.61 bits per heavy atom. The molecule has 2 unspecified atom stereocenters. The normalized spacial score (nSPS) is 15.4. The Bertz CT molecular complexity index is 332. The molecule has 0 radical (unpaired) electrons. The molecule has 0 aliphatic heterocycles. The summed E-state index contributed by atoms with van der Waals surface area (Å²) >= 11 is 0. The summed E-state index contributed by atoms with van der Waals surface area (Å²) in [5, 5.41) is 0. The highest BCUT2D eigenvalue weighted by Gasteiger charge is 2.29. The van der Waals surface area contributed by atoms with Gasteiger partial charge in [0, 0.05) is 18.1 Å². The molecule has 2 N–H and O–H groups in total. The average molecular weight is 248 g/mol. The second-order valence-electron chi connectivity index (χ2n) is 5.60. The highest BCUT2D eigenvalue weighted by molar-refractivity contribution is 5.20. The van der Waals surface area contributed by atoms with Gasteiger partial charge in [0.25, 0.3) is 0 Å². The summed E-state index contributed by atoms with van der Waals surface area (Å²) in [4.78, 5) is 2.50. The van der Waals surface area contributed by atoms with Crippen molar-refractivity contribution >= 4 is 0 Å². The van der Waals surface area contributed by atoms with E-state index < -0.39 is 0 Å². The lowest BCUT2D eigenvalue weighted by Crippen LogP contribution is -2.49. The Balaban J connectivity index is 2.98. The van der Waals surface area contributed by atoms with E-state index in [1.807, 2.05) is 6.07 Å². The van der Waals surface area contributed by atoms with Gasteiger partial charge in [-0.3, -0.25) is 4.90 Å². The van der Waals surface area contributed by atoms with Crippen LogP contribution >= 0.6 is 0 Å². The van der Waals surface area contributed by atoms with Crippen molar-refractivity contribution < 1.29 is 0 Å². The van der Waals surface area contributed by atoms with Crippen LogP contribution in [0.4, 0.5) is 0 Å². The average Bonchev–Trinajstić information content (AvgIpc) is 2.35. The van der Waals surface area contributed by atoms with Crippen LogP contribution in [0, 0.1) is 5.92 Å². The summed E-state index contributed by atoms with van der Waals surface area (Å²) in [7, 11) is 0. The third kappa shape index (κ3) is 3.56. The summed E-state index contributed by atoms with van der Waals surface area (Å²) in [6, 6.07) is 11.4. The van der Waals surface area contributed by atoms with Gasteiger partial charge in [-0.15, -0.1) is 0 Å². The van der Waals surface area contributed by atoms with Crippen LogP contribution in [-0.4, -0.2) is 23.5 Å². The number of nitrogens with two attached hydrogens (primary N) is 1. The molecule has 0 aliphatic rings. The van der Waals surface area contributed by atoms with Crippen molar-refractivity contribution in [1.82, 2.24) is 4.90 Å². The molecule has 1 aromatic rings. The molecule has 0 aliphatic carbocycles. The lowest BCUT2D eigenvalue weighted by Gasteiger charge is -2.40. The number of nitrogens with zero attached hydrogens (tertiary/aromatic N) is 1. The molecular formula is C16H28N2. The molecule has 0 amide bonds. The first-order valence-electron chi connectivity index (χ1n) is 7.05. The Morgan fingerprint density at radius 3 is 2.00 bits per heavy atom. The number of benzene rings is 1. The first kappa shape index (κ1) is 15.2. The molecule has 1 rings (SSSR count). The van der Waals surface area contributed by atoms with Gasteiger partial charge in [-0.1, -0.05) is 51.1 Å².